The molecule has 0 unspecified atom stereocenters. The predicted octanol–water partition coefficient (Wildman–Crippen LogP) is 3.39. The van der Waals surface area contributed by atoms with Crippen LogP contribution < -0.4 is 5.73 Å². The van der Waals surface area contributed by atoms with Gasteiger partial charge in [0.15, 0.2) is 4.34 Å². The van der Waals surface area contributed by atoms with Gasteiger partial charge in [0.1, 0.15) is 5.82 Å². The van der Waals surface area contributed by atoms with Gasteiger partial charge in [-0.2, -0.15) is 4.37 Å². The average Bonchev–Trinajstić information content (AvgIpc) is 2.70. The molecule has 3 nitrogen and oxygen atoms in total. The molecule has 0 aliphatic heterocycles. The lowest BCUT2D eigenvalue weighted by Gasteiger charge is -2.00. The van der Waals surface area contributed by atoms with E-state index in [-0.39, 0.29) is 0 Å². The van der Waals surface area contributed by atoms with Gasteiger partial charge in [0.2, 0.25) is 0 Å². The molecule has 0 atom stereocenters. The molecule has 0 fully saturated rings. The fourth-order valence-corrected chi connectivity index (χ4v) is 2.91. The van der Waals surface area contributed by atoms with E-state index >= 15 is 0 Å². The first-order valence-corrected chi connectivity index (χ1v) is 6.62. The van der Waals surface area contributed by atoms with Crippen molar-refractivity contribution in [3.8, 4) is 0 Å². The highest BCUT2D eigenvalue weighted by molar-refractivity contribution is 8.01. The van der Waals surface area contributed by atoms with Crippen LogP contribution in [0.2, 0.25) is 0 Å². The first-order valence-electron chi connectivity index (χ1n) is 5.03. The molecule has 16 heavy (non-hydrogen) atoms. The van der Waals surface area contributed by atoms with Crippen LogP contribution in [0.4, 0.5) is 5.69 Å². The molecule has 0 radical (unpaired) electrons. The highest BCUT2D eigenvalue weighted by Crippen LogP contribution is 2.33. The van der Waals surface area contributed by atoms with E-state index in [1.807, 2.05) is 24.3 Å². The monoisotopic (exact) mass is 251 g/mol. The number of aromatic nitrogens is 2. The third-order valence-electron chi connectivity index (χ3n) is 2.06. The number of hydrogen-bond acceptors (Lipinski definition) is 5. The highest BCUT2D eigenvalue weighted by Gasteiger charge is 2.09. The summed E-state index contributed by atoms with van der Waals surface area (Å²) in [5.74, 6) is 1.28. The second-order valence-electron chi connectivity index (χ2n) is 3.71. The van der Waals surface area contributed by atoms with Gasteiger partial charge in [-0.1, -0.05) is 37.7 Å². The Labute approximate surface area is 103 Å². The molecule has 0 aliphatic rings. The molecule has 5 heteroatoms. The van der Waals surface area contributed by atoms with Crippen molar-refractivity contribution in [2.24, 2.45) is 0 Å². The maximum absolute atomic E-state index is 5.87. The van der Waals surface area contributed by atoms with Crippen molar-refractivity contribution >= 4 is 29.0 Å². The van der Waals surface area contributed by atoms with Crippen molar-refractivity contribution < 1.29 is 0 Å². The second-order valence-corrected chi connectivity index (χ2v) is 5.75. The highest BCUT2D eigenvalue weighted by atomic mass is 32.2. The molecule has 0 bridgehead atoms. The number of nitrogen functional groups attached to an aromatic ring is 1. The summed E-state index contributed by atoms with van der Waals surface area (Å²) >= 11 is 3.00. The zero-order chi connectivity index (χ0) is 11.5. The van der Waals surface area contributed by atoms with E-state index < -0.39 is 0 Å². The van der Waals surface area contributed by atoms with Crippen molar-refractivity contribution in [2.45, 2.75) is 29.0 Å². The van der Waals surface area contributed by atoms with E-state index in [9.17, 15) is 0 Å². The van der Waals surface area contributed by atoms with Gasteiger partial charge in [-0.15, -0.1) is 0 Å². The Morgan fingerprint density at radius 2 is 2.06 bits per heavy atom. The molecular weight excluding hydrogens is 238 g/mol. The number of rotatable bonds is 3. The number of benzene rings is 1. The van der Waals surface area contributed by atoms with E-state index in [0.29, 0.717) is 5.92 Å². The number of para-hydroxylation sites is 1. The summed E-state index contributed by atoms with van der Waals surface area (Å²) < 4.78 is 5.26. The lowest BCUT2D eigenvalue weighted by Crippen LogP contribution is -1.89. The topological polar surface area (TPSA) is 51.8 Å². The van der Waals surface area contributed by atoms with Crippen LogP contribution in [0.1, 0.15) is 25.6 Å². The molecule has 84 valence electrons. The predicted molar refractivity (Wildman–Crippen MR) is 69.0 cm³/mol. The van der Waals surface area contributed by atoms with Crippen LogP contribution in [0.15, 0.2) is 33.5 Å². The van der Waals surface area contributed by atoms with Gasteiger partial charge in [0.25, 0.3) is 0 Å². The Morgan fingerprint density at radius 3 is 2.69 bits per heavy atom. The lowest BCUT2D eigenvalue weighted by atomic mass is 10.2. The molecule has 2 aromatic rings. The molecular formula is C11H13N3S2. The Morgan fingerprint density at radius 1 is 1.31 bits per heavy atom. The van der Waals surface area contributed by atoms with Gasteiger partial charge >= 0.3 is 0 Å². The number of nitrogens with zero attached hydrogens (tertiary/aromatic N) is 2. The third kappa shape index (κ3) is 2.54. The SMILES string of the molecule is CC(C)c1nsc(Sc2ccccc2N)n1. The summed E-state index contributed by atoms with van der Waals surface area (Å²) in [5, 5.41) is 0. The molecule has 1 aromatic heterocycles. The van der Waals surface area contributed by atoms with E-state index in [4.69, 9.17) is 5.73 Å². The summed E-state index contributed by atoms with van der Waals surface area (Å²) in [6.45, 7) is 4.18. The first kappa shape index (κ1) is 11.4. The summed E-state index contributed by atoms with van der Waals surface area (Å²) in [6.07, 6.45) is 0. The zero-order valence-corrected chi connectivity index (χ0v) is 10.8. The van der Waals surface area contributed by atoms with E-state index in [2.05, 4.69) is 23.2 Å². The third-order valence-corrected chi connectivity index (χ3v) is 3.91. The van der Waals surface area contributed by atoms with Crippen LogP contribution in [-0.4, -0.2) is 9.36 Å². The van der Waals surface area contributed by atoms with Gasteiger partial charge in [-0.25, -0.2) is 4.98 Å². The molecule has 0 spiro atoms. The number of nitrogens with two attached hydrogens (primary N) is 1. The summed E-state index contributed by atoms with van der Waals surface area (Å²) in [7, 11) is 0. The standard InChI is InChI=1S/C11H13N3S2/c1-7(2)10-13-11(16-14-10)15-9-6-4-3-5-8(9)12/h3-7H,12H2,1-2H3. The fourth-order valence-electron chi connectivity index (χ4n) is 1.16. The van der Waals surface area contributed by atoms with Gasteiger partial charge in [-0.05, 0) is 23.7 Å². The zero-order valence-electron chi connectivity index (χ0n) is 9.18. The minimum Gasteiger partial charge on any atom is -0.398 e. The van der Waals surface area contributed by atoms with Crippen LogP contribution in [0.25, 0.3) is 0 Å². The minimum absolute atomic E-state index is 0.374. The minimum atomic E-state index is 0.374. The molecule has 0 saturated carbocycles. The summed E-state index contributed by atoms with van der Waals surface area (Å²) in [6, 6.07) is 7.80. The van der Waals surface area contributed by atoms with E-state index in [1.165, 1.54) is 11.5 Å². The van der Waals surface area contributed by atoms with Gasteiger partial charge in [0.05, 0.1) is 0 Å². The van der Waals surface area contributed by atoms with Gasteiger partial charge in [-0.3, -0.25) is 0 Å². The fraction of sp³-hybridized carbons (Fsp3) is 0.273. The van der Waals surface area contributed by atoms with Crippen LogP contribution in [0.3, 0.4) is 0 Å². The van der Waals surface area contributed by atoms with E-state index in [1.54, 1.807) is 11.8 Å². The van der Waals surface area contributed by atoms with Crippen LogP contribution in [0, 0.1) is 0 Å². The van der Waals surface area contributed by atoms with Crippen LogP contribution >= 0.6 is 23.3 Å². The molecule has 0 aliphatic carbocycles. The Bertz CT molecular complexity index is 480. The van der Waals surface area contributed by atoms with Crippen LogP contribution in [-0.2, 0) is 0 Å². The maximum Gasteiger partial charge on any atom is 0.174 e. The lowest BCUT2D eigenvalue weighted by molar-refractivity contribution is 0.789. The van der Waals surface area contributed by atoms with Gasteiger partial charge < -0.3 is 5.73 Å². The quantitative estimate of drug-likeness (QED) is 0.849. The number of anilines is 1. The molecule has 2 rings (SSSR count). The Kier molecular flexibility index (Phi) is 3.46. The number of hydrogen-bond donors (Lipinski definition) is 1. The van der Waals surface area contributed by atoms with Crippen molar-refractivity contribution in [1.29, 1.82) is 0 Å². The van der Waals surface area contributed by atoms with Crippen LogP contribution in [0.5, 0.6) is 0 Å². The molecule has 2 N–H and O–H groups in total. The molecule has 1 heterocycles. The molecule has 0 amide bonds. The molecule has 0 saturated heterocycles. The Hall–Kier alpha value is -1.07. The van der Waals surface area contributed by atoms with Crippen molar-refractivity contribution in [3.63, 3.8) is 0 Å². The van der Waals surface area contributed by atoms with Crippen molar-refractivity contribution in [1.82, 2.24) is 9.36 Å². The Balaban J connectivity index is 2.18. The summed E-state index contributed by atoms with van der Waals surface area (Å²) in [4.78, 5) is 5.50. The van der Waals surface area contributed by atoms with Crippen molar-refractivity contribution in [2.75, 3.05) is 5.73 Å². The normalized spacial score (nSPS) is 10.9. The maximum atomic E-state index is 5.87. The first-order chi connectivity index (χ1) is 7.66. The smallest absolute Gasteiger partial charge is 0.174 e. The second kappa shape index (κ2) is 4.84. The molecule has 1 aromatic carbocycles. The van der Waals surface area contributed by atoms with Gasteiger partial charge in [0, 0.05) is 16.5 Å². The average molecular weight is 251 g/mol. The largest absolute Gasteiger partial charge is 0.398 e. The van der Waals surface area contributed by atoms with E-state index in [0.717, 1.165) is 20.7 Å². The van der Waals surface area contributed by atoms with Crippen molar-refractivity contribution in [3.05, 3.63) is 30.1 Å². The summed E-state index contributed by atoms with van der Waals surface area (Å²) in [5.41, 5.74) is 6.66.